The summed E-state index contributed by atoms with van der Waals surface area (Å²) in [4.78, 5) is 14.2. The molecule has 0 bridgehead atoms. The van der Waals surface area contributed by atoms with Gasteiger partial charge in [0.2, 0.25) is 5.91 Å². The zero-order valence-electron chi connectivity index (χ0n) is 11.9. The number of carbonyl (C=O) groups is 1. The van der Waals surface area contributed by atoms with Gasteiger partial charge in [-0.25, -0.2) is 0 Å². The number of benzene rings is 1. The van der Waals surface area contributed by atoms with Gasteiger partial charge in [0.25, 0.3) is 0 Å². The fourth-order valence-electron chi connectivity index (χ4n) is 2.55. The van der Waals surface area contributed by atoms with Crippen LogP contribution in [0.5, 0.6) is 11.5 Å². The molecule has 1 fully saturated rings. The Labute approximate surface area is 119 Å². The van der Waals surface area contributed by atoms with E-state index in [9.17, 15) is 4.79 Å². The van der Waals surface area contributed by atoms with E-state index in [0.717, 1.165) is 37.3 Å². The number of fused-ring (bicyclic) bond motifs is 1. The van der Waals surface area contributed by atoms with Gasteiger partial charge < -0.3 is 14.4 Å². The van der Waals surface area contributed by atoms with Crippen molar-refractivity contribution in [3.05, 3.63) is 24.3 Å². The second-order valence-corrected chi connectivity index (χ2v) is 5.56. The predicted octanol–water partition coefficient (Wildman–Crippen LogP) is 2.48. The molecule has 1 aromatic rings. The number of para-hydroxylation sites is 2. The van der Waals surface area contributed by atoms with Crippen LogP contribution in [0.25, 0.3) is 0 Å². The van der Waals surface area contributed by atoms with Crippen LogP contribution in [0, 0.1) is 5.92 Å². The van der Waals surface area contributed by atoms with Crippen LogP contribution in [0.1, 0.15) is 26.2 Å². The van der Waals surface area contributed by atoms with Crippen molar-refractivity contribution in [1.82, 2.24) is 4.90 Å². The Morgan fingerprint density at radius 2 is 2.05 bits per heavy atom. The SMILES string of the molecule is CCCN(CC1COc2ccccc2O1)C(=O)C1CC1. The van der Waals surface area contributed by atoms with Gasteiger partial charge in [0, 0.05) is 12.5 Å². The molecular formula is C16H21NO3. The lowest BCUT2D eigenvalue weighted by molar-refractivity contribution is -0.134. The van der Waals surface area contributed by atoms with Crippen LogP contribution in [0.3, 0.4) is 0 Å². The zero-order chi connectivity index (χ0) is 13.9. The monoisotopic (exact) mass is 275 g/mol. The minimum absolute atomic E-state index is 0.0702. The number of nitrogens with zero attached hydrogens (tertiary/aromatic N) is 1. The second-order valence-electron chi connectivity index (χ2n) is 5.56. The van der Waals surface area contributed by atoms with Gasteiger partial charge in [0.15, 0.2) is 17.6 Å². The standard InChI is InChI=1S/C16H21NO3/c1-2-9-17(16(18)12-7-8-12)10-13-11-19-14-5-3-4-6-15(14)20-13/h3-6,12-13H,2,7-11H2,1H3. The largest absolute Gasteiger partial charge is 0.486 e. The maximum atomic E-state index is 12.2. The summed E-state index contributed by atoms with van der Waals surface area (Å²) in [6.07, 6.45) is 3.00. The lowest BCUT2D eigenvalue weighted by atomic mass is 10.2. The minimum Gasteiger partial charge on any atom is -0.486 e. The normalized spacial score (nSPS) is 20.6. The lowest BCUT2D eigenvalue weighted by Gasteiger charge is -2.31. The van der Waals surface area contributed by atoms with Gasteiger partial charge in [-0.05, 0) is 31.4 Å². The van der Waals surface area contributed by atoms with E-state index in [1.165, 1.54) is 0 Å². The van der Waals surface area contributed by atoms with Crippen molar-refractivity contribution in [3.63, 3.8) is 0 Å². The summed E-state index contributed by atoms with van der Waals surface area (Å²) in [5, 5.41) is 0. The van der Waals surface area contributed by atoms with E-state index >= 15 is 0 Å². The summed E-state index contributed by atoms with van der Waals surface area (Å²) in [7, 11) is 0. The number of amides is 1. The number of carbonyl (C=O) groups excluding carboxylic acids is 1. The van der Waals surface area contributed by atoms with Crippen LogP contribution in [0.2, 0.25) is 0 Å². The first-order valence-corrected chi connectivity index (χ1v) is 7.45. The van der Waals surface area contributed by atoms with Crippen molar-refractivity contribution in [2.75, 3.05) is 19.7 Å². The molecule has 1 aromatic carbocycles. The molecule has 4 nitrogen and oxygen atoms in total. The van der Waals surface area contributed by atoms with Crippen molar-refractivity contribution < 1.29 is 14.3 Å². The summed E-state index contributed by atoms with van der Waals surface area (Å²) < 4.78 is 11.6. The van der Waals surface area contributed by atoms with E-state index in [-0.39, 0.29) is 17.9 Å². The van der Waals surface area contributed by atoms with Crippen molar-refractivity contribution in [3.8, 4) is 11.5 Å². The van der Waals surface area contributed by atoms with Crippen molar-refractivity contribution in [2.45, 2.75) is 32.3 Å². The molecule has 108 valence electrons. The molecule has 1 amide bonds. The van der Waals surface area contributed by atoms with E-state index in [0.29, 0.717) is 13.2 Å². The summed E-state index contributed by atoms with van der Waals surface area (Å²) in [5.74, 6) is 2.12. The van der Waals surface area contributed by atoms with Gasteiger partial charge in [0.05, 0.1) is 6.54 Å². The molecule has 1 heterocycles. The van der Waals surface area contributed by atoms with E-state index in [1.54, 1.807) is 0 Å². The van der Waals surface area contributed by atoms with Crippen LogP contribution in [0.15, 0.2) is 24.3 Å². The van der Waals surface area contributed by atoms with E-state index < -0.39 is 0 Å². The van der Waals surface area contributed by atoms with E-state index in [2.05, 4.69) is 6.92 Å². The third kappa shape index (κ3) is 2.89. The molecule has 0 N–H and O–H groups in total. The average molecular weight is 275 g/mol. The predicted molar refractivity (Wildman–Crippen MR) is 75.9 cm³/mol. The van der Waals surface area contributed by atoms with E-state index in [4.69, 9.17) is 9.47 Å². The van der Waals surface area contributed by atoms with Gasteiger partial charge in [-0.1, -0.05) is 19.1 Å². The molecule has 2 aliphatic rings. The summed E-state index contributed by atoms with van der Waals surface area (Å²) in [6, 6.07) is 7.69. The Balaban J connectivity index is 1.63. The number of rotatable bonds is 5. The zero-order valence-corrected chi connectivity index (χ0v) is 11.9. The Morgan fingerprint density at radius 3 is 2.75 bits per heavy atom. The number of hydrogen-bond donors (Lipinski definition) is 0. The molecule has 0 saturated heterocycles. The highest BCUT2D eigenvalue weighted by molar-refractivity contribution is 5.81. The molecule has 0 aromatic heterocycles. The smallest absolute Gasteiger partial charge is 0.225 e. The van der Waals surface area contributed by atoms with Crippen LogP contribution < -0.4 is 9.47 Å². The summed E-state index contributed by atoms with van der Waals surface area (Å²) >= 11 is 0. The fraction of sp³-hybridized carbons (Fsp3) is 0.562. The molecule has 1 aliphatic carbocycles. The van der Waals surface area contributed by atoms with Crippen molar-refractivity contribution in [2.24, 2.45) is 5.92 Å². The topological polar surface area (TPSA) is 38.8 Å². The van der Waals surface area contributed by atoms with Gasteiger partial charge in [-0.3, -0.25) is 4.79 Å². The Morgan fingerprint density at radius 1 is 1.30 bits per heavy atom. The molecule has 20 heavy (non-hydrogen) atoms. The molecule has 1 saturated carbocycles. The molecule has 0 radical (unpaired) electrons. The molecule has 3 rings (SSSR count). The number of ether oxygens (including phenoxy) is 2. The first-order chi connectivity index (χ1) is 9.78. The highest BCUT2D eigenvalue weighted by Crippen LogP contribution is 2.33. The third-order valence-electron chi connectivity index (χ3n) is 3.72. The van der Waals surface area contributed by atoms with Gasteiger partial charge in [-0.15, -0.1) is 0 Å². The van der Waals surface area contributed by atoms with Gasteiger partial charge in [-0.2, -0.15) is 0 Å². The highest BCUT2D eigenvalue weighted by atomic mass is 16.6. The molecule has 1 atom stereocenters. The third-order valence-corrected chi connectivity index (χ3v) is 3.72. The molecular weight excluding hydrogens is 254 g/mol. The van der Waals surface area contributed by atoms with Crippen LogP contribution in [-0.4, -0.2) is 36.6 Å². The van der Waals surface area contributed by atoms with Crippen molar-refractivity contribution in [1.29, 1.82) is 0 Å². The first kappa shape index (κ1) is 13.3. The number of hydrogen-bond acceptors (Lipinski definition) is 3. The highest BCUT2D eigenvalue weighted by Gasteiger charge is 2.34. The van der Waals surface area contributed by atoms with Crippen LogP contribution in [0.4, 0.5) is 0 Å². The van der Waals surface area contributed by atoms with Crippen LogP contribution in [-0.2, 0) is 4.79 Å². The first-order valence-electron chi connectivity index (χ1n) is 7.45. The second kappa shape index (κ2) is 5.73. The maximum Gasteiger partial charge on any atom is 0.225 e. The molecule has 4 heteroatoms. The quantitative estimate of drug-likeness (QED) is 0.828. The Bertz CT molecular complexity index is 484. The summed E-state index contributed by atoms with van der Waals surface area (Å²) in [5.41, 5.74) is 0. The van der Waals surface area contributed by atoms with Gasteiger partial charge >= 0.3 is 0 Å². The van der Waals surface area contributed by atoms with Crippen molar-refractivity contribution >= 4 is 5.91 Å². The molecule has 0 spiro atoms. The Kier molecular flexibility index (Phi) is 3.81. The van der Waals surface area contributed by atoms with E-state index in [1.807, 2.05) is 29.2 Å². The average Bonchev–Trinajstić information content (AvgIpc) is 3.30. The lowest BCUT2D eigenvalue weighted by Crippen LogP contribution is -2.44. The summed E-state index contributed by atoms with van der Waals surface area (Å²) in [6.45, 7) is 4.03. The molecule has 1 aliphatic heterocycles. The van der Waals surface area contributed by atoms with Gasteiger partial charge in [0.1, 0.15) is 6.61 Å². The molecule has 1 unspecified atom stereocenters. The van der Waals surface area contributed by atoms with Crippen LogP contribution >= 0.6 is 0 Å². The minimum atomic E-state index is -0.0702. The Hall–Kier alpha value is -1.71. The fourth-order valence-corrected chi connectivity index (χ4v) is 2.55. The maximum absolute atomic E-state index is 12.2.